The molecule has 3 aliphatic rings. The average Bonchev–Trinajstić information content (AvgIpc) is 3.06. The second kappa shape index (κ2) is 3.62. The van der Waals surface area contributed by atoms with Gasteiger partial charge in [-0.1, -0.05) is 6.07 Å². The van der Waals surface area contributed by atoms with Crippen molar-refractivity contribution in [2.24, 2.45) is 11.8 Å². The summed E-state index contributed by atoms with van der Waals surface area (Å²) in [6.45, 7) is 1.16. The van der Waals surface area contributed by atoms with Crippen LogP contribution in [0.5, 0.6) is 11.5 Å². The van der Waals surface area contributed by atoms with E-state index in [0.717, 1.165) is 17.1 Å². The fourth-order valence-electron chi connectivity index (χ4n) is 2.83. The van der Waals surface area contributed by atoms with E-state index < -0.39 is 0 Å². The number of fused-ring (bicyclic) bond motifs is 2. The van der Waals surface area contributed by atoms with Crippen LogP contribution >= 0.6 is 0 Å². The second-order valence-electron chi connectivity index (χ2n) is 4.77. The Bertz CT molecular complexity index is 512. The van der Waals surface area contributed by atoms with Gasteiger partial charge in [-0.25, -0.2) is 0 Å². The minimum Gasteiger partial charge on any atom is -0.465 e. The molecule has 2 fully saturated rings. The van der Waals surface area contributed by atoms with Crippen LogP contribution in [0.15, 0.2) is 18.2 Å². The molecule has 5 nitrogen and oxygen atoms in total. The van der Waals surface area contributed by atoms with Crippen LogP contribution in [0.3, 0.4) is 0 Å². The van der Waals surface area contributed by atoms with Crippen molar-refractivity contribution in [2.45, 2.75) is 6.10 Å². The first-order chi connectivity index (χ1) is 8.83. The lowest BCUT2D eigenvalue weighted by molar-refractivity contribution is -0.142. The van der Waals surface area contributed by atoms with Gasteiger partial charge in [-0.05, 0) is 17.7 Å². The number of esters is 1. The molecular weight excluding hydrogens is 236 g/mol. The first-order valence-corrected chi connectivity index (χ1v) is 6.01. The standard InChI is InChI=1S/C13H12O5/c14-13-9-5-15-12(8(9)4-16-13)7-1-2-10-11(3-7)18-6-17-10/h1-3,8-9,12H,4-6H2/t8-,9-,12+/m0/s1. The Balaban J connectivity index is 1.66. The summed E-state index contributed by atoms with van der Waals surface area (Å²) in [7, 11) is 0. The van der Waals surface area contributed by atoms with E-state index in [9.17, 15) is 4.79 Å². The molecule has 5 heteroatoms. The van der Waals surface area contributed by atoms with Crippen LogP contribution in [-0.2, 0) is 14.3 Å². The number of carbonyl (C=O) groups excluding carboxylic acids is 1. The van der Waals surface area contributed by atoms with E-state index in [2.05, 4.69) is 0 Å². The Kier molecular flexibility index (Phi) is 2.05. The molecule has 0 aliphatic carbocycles. The minimum absolute atomic E-state index is 0.0871. The molecule has 0 saturated carbocycles. The highest BCUT2D eigenvalue weighted by atomic mass is 16.7. The van der Waals surface area contributed by atoms with Gasteiger partial charge in [0.25, 0.3) is 0 Å². The van der Waals surface area contributed by atoms with Crippen molar-refractivity contribution in [3.63, 3.8) is 0 Å². The van der Waals surface area contributed by atoms with Gasteiger partial charge in [0.15, 0.2) is 11.5 Å². The fourth-order valence-corrected chi connectivity index (χ4v) is 2.83. The number of cyclic esters (lactones) is 1. The third kappa shape index (κ3) is 1.34. The quantitative estimate of drug-likeness (QED) is 0.701. The summed E-state index contributed by atoms with van der Waals surface area (Å²) >= 11 is 0. The largest absolute Gasteiger partial charge is 0.465 e. The van der Waals surface area contributed by atoms with E-state index in [-0.39, 0.29) is 30.7 Å². The lowest BCUT2D eigenvalue weighted by Crippen LogP contribution is -2.14. The smallest absolute Gasteiger partial charge is 0.311 e. The van der Waals surface area contributed by atoms with E-state index >= 15 is 0 Å². The van der Waals surface area contributed by atoms with Crippen molar-refractivity contribution in [3.8, 4) is 11.5 Å². The van der Waals surface area contributed by atoms with Crippen molar-refractivity contribution in [2.75, 3.05) is 20.0 Å². The SMILES string of the molecule is O=C1OC[C@H]2[C@@H]1CO[C@@H]2c1ccc2c(c1)OCO2. The highest BCUT2D eigenvalue weighted by Crippen LogP contribution is 2.44. The van der Waals surface area contributed by atoms with Crippen LogP contribution in [0.4, 0.5) is 0 Å². The molecule has 3 atom stereocenters. The second-order valence-corrected chi connectivity index (χ2v) is 4.77. The van der Waals surface area contributed by atoms with E-state index in [4.69, 9.17) is 18.9 Å². The first-order valence-electron chi connectivity index (χ1n) is 6.01. The number of ether oxygens (including phenoxy) is 4. The molecule has 3 aliphatic heterocycles. The number of benzene rings is 1. The van der Waals surface area contributed by atoms with E-state index in [1.807, 2.05) is 18.2 Å². The van der Waals surface area contributed by atoms with Gasteiger partial charge in [0.2, 0.25) is 6.79 Å². The molecule has 0 amide bonds. The maximum absolute atomic E-state index is 11.5. The van der Waals surface area contributed by atoms with Crippen LogP contribution in [0, 0.1) is 11.8 Å². The molecule has 1 aromatic carbocycles. The number of hydrogen-bond acceptors (Lipinski definition) is 5. The summed E-state index contributed by atoms with van der Waals surface area (Å²) in [6.07, 6.45) is -0.0871. The van der Waals surface area contributed by atoms with Gasteiger partial charge in [-0.15, -0.1) is 0 Å². The molecule has 0 spiro atoms. The summed E-state index contributed by atoms with van der Waals surface area (Å²) in [5.41, 5.74) is 1.02. The predicted molar refractivity (Wildman–Crippen MR) is 59.2 cm³/mol. The molecule has 2 saturated heterocycles. The van der Waals surface area contributed by atoms with Crippen LogP contribution in [0.1, 0.15) is 11.7 Å². The lowest BCUT2D eigenvalue weighted by atomic mass is 9.90. The number of rotatable bonds is 1. The third-order valence-electron chi connectivity index (χ3n) is 3.81. The lowest BCUT2D eigenvalue weighted by Gasteiger charge is -2.15. The zero-order valence-corrected chi connectivity index (χ0v) is 9.63. The molecule has 0 N–H and O–H groups in total. The zero-order valence-electron chi connectivity index (χ0n) is 9.63. The molecule has 0 unspecified atom stereocenters. The van der Waals surface area contributed by atoms with Crippen LogP contribution in [0.2, 0.25) is 0 Å². The van der Waals surface area contributed by atoms with Gasteiger partial charge in [-0.2, -0.15) is 0 Å². The molecule has 18 heavy (non-hydrogen) atoms. The van der Waals surface area contributed by atoms with E-state index in [1.165, 1.54) is 0 Å². The van der Waals surface area contributed by atoms with Gasteiger partial charge >= 0.3 is 5.97 Å². The van der Waals surface area contributed by atoms with Gasteiger partial charge in [0.05, 0.1) is 25.2 Å². The molecule has 94 valence electrons. The highest BCUT2D eigenvalue weighted by Gasteiger charge is 2.48. The Morgan fingerprint density at radius 3 is 2.89 bits per heavy atom. The molecular formula is C13H12O5. The van der Waals surface area contributed by atoms with Crippen LogP contribution in [0.25, 0.3) is 0 Å². The summed E-state index contributed by atoms with van der Waals surface area (Å²) in [5.74, 6) is 1.37. The molecule has 4 rings (SSSR count). The van der Waals surface area contributed by atoms with Crippen LogP contribution < -0.4 is 9.47 Å². The monoisotopic (exact) mass is 248 g/mol. The topological polar surface area (TPSA) is 54.0 Å². The number of hydrogen-bond donors (Lipinski definition) is 0. The molecule has 0 bridgehead atoms. The summed E-state index contributed by atoms with van der Waals surface area (Å²) in [4.78, 5) is 11.5. The van der Waals surface area contributed by atoms with Crippen molar-refractivity contribution in [1.82, 2.24) is 0 Å². The van der Waals surface area contributed by atoms with Crippen molar-refractivity contribution < 1.29 is 23.7 Å². The minimum atomic E-state index is -0.136. The van der Waals surface area contributed by atoms with Crippen molar-refractivity contribution in [1.29, 1.82) is 0 Å². The Morgan fingerprint density at radius 2 is 1.94 bits per heavy atom. The van der Waals surface area contributed by atoms with Gasteiger partial charge < -0.3 is 18.9 Å². The van der Waals surface area contributed by atoms with Gasteiger partial charge in [0, 0.05) is 5.92 Å². The van der Waals surface area contributed by atoms with Crippen LogP contribution in [-0.4, -0.2) is 26.0 Å². The fraction of sp³-hybridized carbons (Fsp3) is 0.462. The molecule has 1 aromatic rings. The maximum Gasteiger partial charge on any atom is 0.311 e. The zero-order chi connectivity index (χ0) is 12.1. The Hall–Kier alpha value is -1.75. The summed E-state index contributed by atoms with van der Waals surface area (Å²) in [6, 6.07) is 5.77. The average molecular weight is 248 g/mol. The molecule has 3 heterocycles. The van der Waals surface area contributed by atoms with E-state index in [0.29, 0.717) is 13.2 Å². The summed E-state index contributed by atoms with van der Waals surface area (Å²) in [5, 5.41) is 0. The van der Waals surface area contributed by atoms with Gasteiger partial charge in [-0.3, -0.25) is 4.79 Å². The summed E-state index contributed by atoms with van der Waals surface area (Å²) < 4.78 is 21.5. The van der Waals surface area contributed by atoms with Crippen molar-refractivity contribution >= 4 is 5.97 Å². The third-order valence-corrected chi connectivity index (χ3v) is 3.81. The van der Waals surface area contributed by atoms with E-state index in [1.54, 1.807) is 0 Å². The Labute approximate surface area is 104 Å². The predicted octanol–water partition coefficient (Wildman–Crippen LogP) is 1.28. The normalized spacial score (nSPS) is 32.4. The number of carbonyl (C=O) groups is 1. The van der Waals surface area contributed by atoms with Gasteiger partial charge in [0.1, 0.15) is 0 Å². The molecule has 0 aromatic heterocycles. The van der Waals surface area contributed by atoms with Crippen molar-refractivity contribution in [3.05, 3.63) is 23.8 Å². The molecule has 0 radical (unpaired) electrons. The first kappa shape index (κ1) is 10.2. The highest BCUT2D eigenvalue weighted by molar-refractivity contribution is 5.75. The maximum atomic E-state index is 11.5. The Morgan fingerprint density at radius 1 is 1.06 bits per heavy atom.